The number of pyridine rings is 2. The maximum Gasteiger partial charge on any atom is 0.222 e. The van der Waals surface area contributed by atoms with Gasteiger partial charge in [-0.1, -0.05) is 27.7 Å². The number of methoxy groups -OCH3 is 1. The van der Waals surface area contributed by atoms with Crippen LogP contribution in [0.2, 0.25) is 0 Å². The summed E-state index contributed by atoms with van der Waals surface area (Å²) in [5.41, 5.74) is 7.16. The fourth-order valence-electron chi connectivity index (χ4n) is 3.70. The maximum absolute atomic E-state index is 9.78. The molecule has 28 heavy (non-hydrogen) atoms. The van der Waals surface area contributed by atoms with Crippen LogP contribution in [0.15, 0.2) is 24.4 Å². The predicted octanol–water partition coefficient (Wildman–Crippen LogP) is 5.04. The van der Waals surface area contributed by atoms with Gasteiger partial charge in [-0.25, -0.2) is 9.97 Å². The second-order valence-electron chi connectivity index (χ2n) is 7.63. The van der Waals surface area contributed by atoms with Gasteiger partial charge in [0.2, 0.25) is 5.88 Å². The molecule has 0 radical (unpaired) electrons. The second kappa shape index (κ2) is 8.31. The quantitative estimate of drug-likeness (QED) is 0.622. The Bertz CT molecular complexity index is 972. The number of nitrogens with zero attached hydrogens (tertiary/aromatic N) is 3. The molecule has 150 valence electrons. The minimum Gasteiger partial charge on any atom is -0.480 e. The van der Waals surface area contributed by atoms with Crippen LogP contribution in [-0.2, 0) is 6.42 Å². The van der Waals surface area contributed by atoms with Crippen LogP contribution < -0.4 is 4.74 Å². The molecule has 3 heterocycles. The molecule has 0 spiro atoms. The lowest BCUT2D eigenvalue weighted by Crippen LogP contribution is -2.11. The Morgan fingerprint density at radius 3 is 2.50 bits per heavy atom. The number of aliphatic hydroxyl groups excluding tert-OH is 1. The SMILES string of the molecule is CCc1cc2c(nc1-c1ccc(C(C)C)nc1OC)c(C)cn2C(CC)CO. The summed E-state index contributed by atoms with van der Waals surface area (Å²) in [5.74, 6) is 0.955. The van der Waals surface area contributed by atoms with E-state index in [9.17, 15) is 5.11 Å². The van der Waals surface area contributed by atoms with Crippen LogP contribution in [0.3, 0.4) is 0 Å². The summed E-state index contributed by atoms with van der Waals surface area (Å²) in [6.45, 7) is 10.7. The smallest absolute Gasteiger partial charge is 0.222 e. The zero-order chi connectivity index (χ0) is 20.4. The van der Waals surface area contributed by atoms with Crippen LogP contribution in [-0.4, -0.2) is 33.4 Å². The van der Waals surface area contributed by atoms with Gasteiger partial charge >= 0.3 is 0 Å². The summed E-state index contributed by atoms with van der Waals surface area (Å²) in [4.78, 5) is 9.75. The number of hydrogen-bond donors (Lipinski definition) is 1. The molecule has 5 heteroatoms. The molecule has 0 aromatic carbocycles. The fraction of sp³-hybridized carbons (Fsp3) is 0.478. The van der Waals surface area contributed by atoms with E-state index in [1.165, 1.54) is 0 Å². The van der Waals surface area contributed by atoms with Crippen molar-refractivity contribution >= 4 is 11.0 Å². The van der Waals surface area contributed by atoms with E-state index in [1.54, 1.807) is 7.11 Å². The van der Waals surface area contributed by atoms with Crippen LogP contribution in [0.5, 0.6) is 5.88 Å². The lowest BCUT2D eigenvalue weighted by Gasteiger charge is -2.17. The third-order valence-electron chi connectivity index (χ3n) is 5.44. The molecule has 0 fully saturated rings. The highest BCUT2D eigenvalue weighted by molar-refractivity contribution is 5.85. The highest BCUT2D eigenvalue weighted by atomic mass is 16.5. The molecular weight excluding hydrogens is 350 g/mol. The molecular formula is C23H31N3O2. The molecule has 1 atom stereocenters. The summed E-state index contributed by atoms with van der Waals surface area (Å²) in [6, 6.07) is 6.41. The first-order chi connectivity index (χ1) is 13.4. The minimum absolute atomic E-state index is 0.0649. The number of aliphatic hydroxyl groups is 1. The van der Waals surface area contributed by atoms with Crippen molar-refractivity contribution in [3.05, 3.63) is 41.2 Å². The molecule has 0 saturated carbocycles. The number of rotatable bonds is 7. The Balaban J connectivity index is 2.24. The number of hydrogen-bond acceptors (Lipinski definition) is 4. The number of ether oxygens (including phenoxy) is 1. The largest absolute Gasteiger partial charge is 0.480 e. The highest BCUT2D eigenvalue weighted by Crippen LogP contribution is 2.35. The molecule has 1 N–H and O–H groups in total. The van der Waals surface area contributed by atoms with Crippen molar-refractivity contribution in [1.82, 2.24) is 14.5 Å². The van der Waals surface area contributed by atoms with Crippen LogP contribution >= 0.6 is 0 Å². The van der Waals surface area contributed by atoms with Gasteiger partial charge in [-0.3, -0.25) is 0 Å². The van der Waals surface area contributed by atoms with Gasteiger partial charge in [0.05, 0.1) is 42.0 Å². The molecule has 0 aliphatic carbocycles. The summed E-state index contributed by atoms with van der Waals surface area (Å²) in [7, 11) is 1.66. The maximum atomic E-state index is 9.78. The van der Waals surface area contributed by atoms with E-state index in [1.807, 2.05) is 0 Å². The Morgan fingerprint density at radius 2 is 1.93 bits per heavy atom. The highest BCUT2D eigenvalue weighted by Gasteiger charge is 2.20. The molecule has 0 saturated heterocycles. The molecule has 3 aromatic heterocycles. The molecule has 0 aliphatic rings. The van der Waals surface area contributed by atoms with Crippen LogP contribution in [0.1, 0.15) is 62.9 Å². The third kappa shape index (κ3) is 3.51. The average Bonchev–Trinajstić information content (AvgIpc) is 3.03. The van der Waals surface area contributed by atoms with Gasteiger partial charge in [0, 0.05) is 11.9 Å². The van der Waals surface area contributed by atoms with Gasteiger partial charge in [-0.2, -0.15) is 0 Å². The Kier molecular flexibility index (Phi) is 6.04. The summed E-state index contributed by atoms with van der Waals surface area (Å²) in [5, 5.41) is 9.78. The van der Waals surface area contributed by atoms with E-state index in [4.69, 9.17) is 14.7 Å². The van der Waals surface area contributed by atoms with Crippen molar-refractivity contribution in [3.8, 4) is 17.1 Å². The third-order valence-corrected chi connectivity index (χ3v) is 5.44. The summed E-state index contributed by atoms with van der Waals surface area (Å²) >= 11 is 0. The van der Waals surface area contributed by atoms with E-state index >= 15 is 0 Å². The van der Waals surface area contributed by atoms with Crippen molar-refractivity contribution in [2.24, 2.45) is 0 Å². The first-order valence-electron chi connectivity index (χ1n) is 10.1. The molecule has 3 aromatic rings. The van der Waals surface area contributed by atoms with Crippen LogP contribution in [0.25, 0.3) is 22.3 Å². The Hall–Kier alpha value is -2.40. The summed E-state index contributed by atoms with van der Waals surface area (Å²) < 4.78 is 7.79. The van der Waals surface area contributed by atoms with Crippen molar-refractivity contribution in [2.45, 2.75) is 59.4 Å². The normalized spacial score (nSPS) is 12.7. The standard InChI is InChI=1S/C23H31N3O2/c1-7-16-11-20-21(15(5)12-26(20)17(8-2)13-27)25-22(16)18-9-10-19(14(3)4)24-23(18)28-6/h9-12,14,17,27H,7-8,13H2,1-6H3. The van der Waals surface area contributed by atoms with Gasteiger partial charge in [0.15, 0.2) is 0 Å². The van der Waals surface area contributed by atoms with E-state index < -0.39 is 0 Å². The number of aromatic nitrogens is 3. The lowest BCUT2D eigenvalue weighted by molar-refractivity contribution is 0.227. The average molecular weight is 382 g/mol. The zero-order valence-corrected chi connectivity index (χ0v) is 17.8. The number of aryl methyl sites for hydroxylation is 2. The molecule has 0 amide bonds. The van der Waals surface area contributed by atoms with Crippen molar-refractivity contribution in [2.75, 3.05) is 13.7 Å². The van der Waals surface area contributed by atoms with E-state index in [2.05, 4.69) is 63.6 Å². The van der Waals surface area contributed by atoms with E-state index in [0.29, 0.717) is 11.8 Å². The summed E-state index contributed by atoms with van der Waals surface area (Å²) in [6.07, 6.45) is 3.83. The number of fused-ring (bicyclic) bond motifs is 1. The monoisotopic (exact) mass is 381 g/mol. The molecule has 1 unspecified atom stereocenters. The van der Waals surface area contributed by atoms with Crippen molar-refractivity contribution in [3.63, 3.8) is 0 Å². The lowest BCUT2D eigenvalue weighted by atomic mass is 10.0. The van der Waals surface area contributed by atoms with E-state index in [0.717, 1.165) is 52.0 Å². The predicted molar refractivity (Wildman–Crippen MR) is 114 cm³/mol. The van der Waals surface area contributed by atoms with Gasteiger partial charge in [0.25, 0.3) is 0 Å². The Labute approximate surface area is 167 Å². The Morgan fingerprint density at radius 1 is 1.18 bits per heavy atom. The molecule has 3 rings (SSSR count). The van der Waals surface area contributed by atoms with Crippen LogP contribution in [0.4, 0.5) is 0 Å². The fourth-order valence-corrected chi connectivity index (χ4v) is 3.70. The molecule has 0 aliphatic heterocycles. The van der Waals surface area contributed by atoms with E-state index in [-0.39, 0.29) is 12.6 Å². The minimum atomic E-state index is 0.0649. The first-order valence-corrected chi connectivity index (χ1v) is 10.1. The topological polar surface area (TPSA) is 60.2 Å². The first kappa shape index (κ1) is 20.3. The van der Waals surface area contributed by atoms with Crippen molar-refractivity contribution < 1.29 is 9.84 Å². The molecule has 0 bridgehead atoms. The van der Waals surface area contributed by atoms with Gasteiger partial charge in [0.1, 0.15) is 0 Å². The van der Waals surface area contributed by atoms with Crippen LogP contribution in [0, 0.1) is 6.92 Å². The van der Waals surface area contributed by atoms with Crippen molar-refractivity contribution in [1.29, 1.82) is 0 Å². The van der Waals surface area contributed by atoms with Gasteiger partial charge in [-0.05, 0) is 55.0 Å². The van der Waals surface area contributed by atoms with Gasteiger partial charge in [-0.15, -0.1) is 0 Å². The van der Waals surface area contributed by atoms with Gasteiger partial charge < -0.3 is 14.4 Å². The zero-order valence-electron chi connectivity index (χ0n) is 17.8. The second-order valence-corrected chi connectivity index (χ2v) is 7.63. The molecule has 5 nitrogen and oxygen atoms in total.